The lowest BCUT2D eigenvalue weighted by molar-refractivity contribution is 0.0954. The van der Waals surface area contributed by atoms with Crippen LogP contribution in [0.1, 0.15) is 40.9 Å². The topological polar surface area (TPSA) is 118 Å². The van der Waals surface area contributed by atoms with E-state index >= 15 is 0 Å². The SMILES string of the molecule is CC(C)(CNC(=O)O)c1ccc(C(=O)NCCc2ccc3[nH]cc(C#N)c3c2)cc1. The summed E-state index contributed by atoms with van der Waals surface area (Å²) in [7, 11) is 0. The van der Waals surface area contributed by atoms with Crippen molar-refractivity contribution in [1.29, 1.82) is 5.26 Å². The van der Waals surface area contributed by atoms with E-state index in [2.05, 4.69) is 21.7 Å². The lowest BCUT2D eigenvalue weighted by Crippen LogP contribution is -2.35. The van der Waals surface area contributed by atoms with Gasteiger partial charge in [0.05, 0.1) is 5.56 Å². The standard InChI is InChI=1S/C23H24N4O3/c1-23(2,14-27-22(29)30)18-6-4-16(5-7-18)21(28)25-10-9-15-3-8-20-19(11-15)17(12-24)13-26-20/h3-8,11,13,26-27H,9-10,14H2,1-2H3,(H,25,28)(H,29,30). The van der Waals surface area contributed by atoms with Crippen LogP contribution in [-0.2, 0) is 11.8 Å². The molecule has 1 heterocycles. The fraction of sp³-hybridized carbons (Fsp3) is 0.261. The summed E-state index contributed by atoms with van der Waals surface area (Å²) in [6.45, 7) is 4.65. The number of carboxylic acid groups (broad SMARTS) is 1. The molecule has 30 heavy (non-hydrogen) atoms. The van der Waals surface area contributed by atoms with Crippen molar-refractivity contribution in [1.82, 2.24) is 15.6 Å². The number of nitrogens with one attached hydrogen (secondary N) is 3. The Morgan fingerprint density at radius 3 is 2.53 bits per heavy atom. The number of nitrogens with zero attached hydrogens (tertiary/aromatic N) is 1. The van der Waals surface area contributed by atoms with Crippen molar-refractivity contribution in [3.05, 3.63) is 70.9 Å². The van der Waals surface area contributed by atoms with Gasteiger partial charge in [-0.05, 0) is 41.8 Å². The van der Waals surface area contributed by atoms with Crippen LogP contribution in [0.4, 0.5) is 4.79 Å². The quantitative estimate of drug-likeness (QED) is 0.481. The smallest absolute Gasteiger partial charge is 0.404 e. The van der Waals surface area contributed by atoms with Gasteiger partial charge in [-0.3, -0.25) is 4.79 Å². The molecule has 7 heteroatoms. The van der Waals surface area contributed by atoms with Crippen LogP contribution < -0.4 is 10.6 Å². The van der Waals surface area contributed by atoms with Gasteiger partial charge in [0.25, 0.3) is 5.91 Å². The molecule has 0 unspecified atom stereocenters. The number of benzene rings is 2. The molecule has 0 saturated carbocycles. The fourth-order valence-corrected chi connectivity index (χ4v) is 3.31. The molecule has 0 spiro atoms. The largest absolute Gasteiger partial charge is 0.465 e. The molecule has 0 saturated heterocycles. The summed E-state index contributed by atoms with van der Waals surface area (Å²) in [5.41, 5.74) is 3.68. The van der Waals surface area contributed by atoms with Gasteiger partial charge in [-0.15, -0.1) is 0 Å². The molecule has 0 aliphatic heterocycles. The fourth-order valence-electron chi connectivity index (χ4n) is 3.31. The summed E-state index contributed by atoms with van der Waals surface area (Å²) >= 11 is 0. The van der Waals surface area contributed by atoms with E-state index in [4.69, 9.17) is 10.4 Å². The number of carbonyl (C=O) groups is 2. The Kier molecular flexibility index (Phi) is 6.07. The van der Waals surface area contributed by atoms with Crippen molar-refractivity contribution in [2.24, 2.45) is 0 Å². The van der Waals surface area contributed by atoms with Gasteiger partial charge in [0, 0.05) is 41.2 Å². The van der Waals surface area contributed by atoms with Crippen molar-refractivity contribution in [3.8, 4) is 6.07 Å². The Morgan fingerprint density at radius 2 is 1.87 bits per heavy atom. The average Bonchev–Trinajstić information content (AvgIpc) is 3.15. The number of fused-ring (bicyclic) bond motifs is 1. The van der Waals surface area contributed by atoms with E-state index in [0.717, 1.165) is 22.0 Å². The Morgan fingerprint density at radius 1 is 1.13 bits per heavy atom. The number of rotatable bonds is 7. The first kappa shape index (κ1) is 20.9. The summed E-state index contributed by atoms with van der Waals surface area (Å²) in [4.78, 5) is 26.2. The van der Waals surface area contributed by atoms with E-state index in [1.54, 1.807) is 18.3 Å². The zero-order chi connectivity index (χ0) is 21.7. The molecule has 0 radical (unpaired) electrons. The molecule has 0 aliphatic carbocycles. The third kappa shape index (κ3) is 4.78. The van der Waals surface area contributed by atoms with Crippen LogP contribution in [0.2, 0.25) is 0 Å². The van der Waals surface area contributed by atoms with Crippen LogP contribution in [-0.4, -0.2) is 35.2 Å². The summed E-state index contributed by atoms with van der Waals surface area (Å²) in [6, 6.07) is 15.3. The van der Waals surface area contributed by atoms with E-state index in [1.165, 1.54) is 0 Å². The minimum atomic E-state index is -1.06. The van der Waals surface area contributed by atoms with Gasteiger partial charge in [-0.25, -0.2) is 4.79 Å². The molecule has 1 aromatic heterocycles. The van der Waals surface area contributed by atoms with Crippen molar-refractivity contribution < 1.29 is 14.7 Å². The van der Waals surface area contributed by atoms with Crippen LogP contribution in [0.25, 0.3) is 10.9 Å². The molecule has 0 fully saturated rings. The highest BCUT2D eigenvalue weighted by molar-refractivity contribution is 5.94. The Labute approximate surface area is 174 Å². The number of carbonyl (C=O) groups excluding carboxylic acids is 1. The van der Waals surface area contributed by atoms with Crippen LogP contribution in [0.15, 0.2) is 48.7 Å². The highest BCUT2D eigenvalue weighted by Gasteiger charge is 2.21. The van der Waals surface area contributed by atoms with E-state index in [0.29, 0.717) is 24.1 Å². The maximum Gasteiger partial charge on any atom is 0.404 e. The predicted molar refractivity (Wildman–Crippen MR) is 115 cm³/mol. The van der Waals surface area contributed by atoms with Gasteiger partial charge >= 0.3 is 6.09 Å². The second-order valence-electron chi connectivity index (χ2n) is 7.82. The van der Waals surface area contributed by atoms with E-state index < -0.39 is 6.09 Å². The van der Waals surface area contributed by atoms with Gasteiger partial charge in [0.2, 0.25) is 0 Å². The van der Waals surface area contributed by atoms with Crippen molar-refractivity contribution in [2.75, 3.05) is 13.1 Å². The molecule has 3 aromatic rings. The molecular weight excluding hydrogens is 380 g/mol. The van der Waals surface area contributed by atoms with E-state index in [1.807, 2.05) is 44.2 Å². The first-order valence-corrected chi connectivity index (χ1v) is 9.66. The monoisotopic (exact) mass is 404 g/mol. The van der Waals surface area contributed by atoms with Crippen LogP contribution >= 0.6 is 0 Å². The number of H-pyrrole nitrogens is 1. The molecule has 7 nitrogen and oxygen atoms in total. The first-order valence-electron chi connectivity index (χ1n) is 9.66. The molecule has 0 atom stereocenters. The number of aromatic nitrogens is 1. The van der Waals surface area contributed by atoms with Crippen LogP contribution in [0, 0.1) is 11.3 Å². The maximum atomic E-state index is 12.4. The van der Waals surface area contributed by atoms with Crippen LogP contribution in [0.3, 0.4) is 0 Å². The molecule has 0 aliphatic rings. The Hall–Kier alpha value is -3.79. The van der Waals surface area contributed by atoms with Crippen molar-refractivity contribution in [2.45, 2.75) is 25.7 Å². The van der Waals surface area contributed by atoms with Crippen molar-refractivity contribution in [3.63, 3.8) is 0 Å². The molecule has 2 aromatic carbocycles. The lowest BCUT2D eigenvalue weighted by Gasteiger charge is -2.25. The van der Waals surface area contributed by atoms with Gasteiger partial charge in [0.15, 0.2) is 0 Å². The zero-order valence-electron chi connectivity index (χ0n) is 17.0. The minimum absolute atomic E-state index is 0.163. The molecular formula is C23H24N4O3. The molecule has 2 amide bonds. The summed E-state index contributed by atoms with van der Waals surface area (Å²) in [6.07, 6.45) is 1.29. The second-order valence-corrected chi connectivity index (χ2v) is 7.82. The number of hydrogen-bond acceptors (Lipinski definition) is 3. The summed E-state index contributed by atoms with van der Waals surface area (Å²) in [5, 5.41) is 24.2. The number of nitriles is 1. The molecule has 3 rings (SSSR count). The summed E-state index contributed by atoms with van der Waals surface area (Å²) < 4.78 is 0. The van der Waals surface area contributed by atoms with E-state index in [9.17, 15) is 9.59 Å². The van der Waals surface area contributed by atoms with Crippen molar-refractivity contribution >= 4 is 22.9 Å². The zero-order valence-corrected chi connectivity index (χ0v) is 17.0. The molecule has 4 N–H and O–H groups in total. The van der Waals surface area contributed by atoms with Gasteiger partial charge in [-0.2, -0.15) is 5.26 Å². The highest BCUT2D eigenvalue weighted by atomic mass is 16.4. The third-order valence-electron chi connectivity index (χ3n) is 5.18. The Bertz CT molecular complexity index is 1110. The number of hydrogen-bond donors (Lipinski definition) is 4. The summed E-state index contributed by atoms with van der Waals surface area (Å²) in [5.74, 6) is -0.163. The van der Waals surface area contributed by atoms with Crippen LogP contribution in [0.5, 0.6) is 0 Å². The predicted octanol–water partition coefficient (Wildman–Crippen LogP) is 3.56. The molecule has 0 bridgehead atoms. The van der Waals surface area contributed by atoms with Gasteiger partial charge in [0.1, 0.15) is 6.07 Å². The Balaban J connectivity index is 1.57. The molecule has 154 valence electrons. The lowest BCUT2D eigenvalue weighted by atomic mass is 9.84. The first-order chi connectivity index (χ1) is 14.3. The second kappa shape index (κ2) is 8.70. The normalized spacial score (nSPS) is 11.1. The number of amides is 2. The number of aromatic amines is 1. The highest BCUT2D eigenvalue weighted by Crippen LogP contribution is 2.23. The van der Waals surface area contributed by atoms with Gasteiger partial charge < -0.3 is 20.7 Å². The van der Waals surface area contributed by atoms with E-state index in [-0.39, 0.29) is 17.9 Å². The average molecular weight is 404 g/mol. The maximum absolute atomic E-state index is 12.4. The third-order valence-corrected chi connectivity index (χ3v) is 5.18. The van der Waals surface area contributed by atoms with Gasteiger partial charge in [-0.1, -0.05) is 32.0 Å². The minimum Gasteiger partial charge on any atom is -0.465 e.